The van der Waals surface area contributed by atoms with Crippen LogP contribution in [0.25, 0.3) is 11.1 Å². The molecule has 2 amide bonds. The number of amides is 2. The number of hydrogen-bond donors (Lipinski definition) is 2. The molecule has 1 aliphatic heterocycles. The van der Waals surface area contributed by atoms with Crippen LogP contribution in [0.15, 0.2) is 60.2 Å². The van der Waals surface area contributed by atoms with Gasteiger partial charge < -0.3 is 20.1 Å². The minimum Gasteiger partial charge on any atom is -0.478 e. The number of carbonyl (C=O) groups excluding carboxylic acids is 2. The van der Waals surface area contributed by atoms with Gasteiger partial charge in [0.25, 0.3) is 0 Å². The number of benzene rings is 2. The van der Waals surface area contributed by atoms with Crippen LogP contribution in [0.4, 0.5) is 4.79 Å². The van der Waals surface area contributed by atoms with Gasteiger partial charge in [0, 0.05) is 24.6 Å². The van der Waals surface area contributed by atoms with Crippen molar-refractivity contribution >= 4 is 18.0 Å². The largest absolute Gasteiger partial charge is 0.478 e. The molecule has 0 fully saturated rings. The van der Waals surface area contributed by atoms with E-state index in [1.165, 1.54) is 0 Å². The van der Waals surface area contributed by atoms with Crippen molar-refractivity contribution in [3.63, 3.8) is 0 Å². The van der Waals surface area contributed by atoms with Crippen molar-refractivity contribution < 1.29 is 24.2 Å². The minimum absolute atomic E-state index is 0.0564. The topological polar surface area (TPSA) is 95.9 Å². The third-order valence-electron chi connectivity index (χ3n) is 6.44. The highest BCUT2D eigenvalue weighted by molar-refractivity contribution is 5.89. The monoisotopic (exact) mass is 462 g/mol. The number of alkyl carbamates (subject to hydrolysis) is 1. The third-order valence-corrected chi connectivity index (χ3v) is 6.44. The summed E-state index contributed by atoms with van der Waals surface area (Å²) < 4.78 is 5.63. The molecule has 7 heteroatoms. The predicted molar refractivity (Wildman–Crippen MR) is 128 cm³/mol. The number of carboxylic acid groups (broad SMARTS) is 1. The van der Waals surface area contributed by atoms with E-state index in [0.29, 0.717) is 25.0 Å². The van der Waals surface area contributed by atoms with Crippen molar-refractivity contribution in [1.29, 1.82) is 0 Å². The first kappa shape index (κ1) is 23.5. The van der Waals surface area contributed by atoms with Crippen LogP contribution in [0.5, 0.6) is 0 Å². The van der Waals surface area contributed by atoms with E-state index in [-0.39, 0.29) is 30.9 Å². The maximum Gasteiger partial charge on any atom is 0.407 e. The normalized spacial score (nSPS) is 15.9. The molecule has 2 aliphatic rings. The van der Waals surface area contributed by atoms with E-state index in [0.717, 1.165) is 22.3 Å². The predicted octanol–water partition coefficient (Wildman–Crippen LogP) is 4.18. The van der Waals surface area contributed by atoms with Crippen molar-refractivity contribution in [2.75, 3.05) is 19.7 Å². The number of carbonyl (C=O) groups is 3. The van der Waals surface area contributed by atoms with E-state index in [1.807, 2.05) is 38.1 Å². The quantitative estimate of drug-likeness (QED) is 0.644. The SMILES string of the molecule is CC(C)CC(NC(=O)OCC1c2ccccc2-c2ccccc21)C(=O)N1CC=C(C(=O)O)CC1. The fraction of sp³-hybridized carbons (Fsp3) is 0.370. The Hall–Kier alpha value is -3.61. The first-order valence-electron chi connectivity index (χ1n) is 11.7. The Morgan fingerprint density at radius 2 is 1.68 bits per heavy atom. The fourth-order valence-electron chi connectivity index (χ4n) is 4.76. The molecular formula is C27H30N2O5. The Balaban J connectivity index is 1.41. The molecule has 1 atom stereocenters. The molecular weight excluding hydrogens is 432 g/mol. The number of nitrogens with zero attached hydrogens (tertiary/aromatic N) is 1. The number of hydrogen-bond acceptors (Lipinski definition) is 4. The lowest BCUT2D eigenvalue weighted by atomic mass is 9.98. The van der Waals surface area contributed by atoms with Gasteiger partial charge >= 0.3 is 12.1 Å². The van der Waals surface area contributed by atoms with E-state index in [9.17, 15) is 14.4 Å². The number of aliphatic carboxylic acids is 1. The van der Waals surface area contributed by atoms with E-state index >= 15 is 0 Å². The maximum absolute atomic E-state index is 13.1. The summed E-state index contributed by atoms with van der Waals surface area (Å²) in [5.41, 5.74) is 4.87. The maximum atomic E-state index is 13.1. The lowest BCUT2D eigenvalue weighted by molar-refractivity contribution is -0.136. The van der Waals surface area contributed by atoms with Crippen LogP contribution in [0, 0.1) is 5.92 Å². The van der Waals surface area contributed by atoms with Crippen LogP contribution in [-0.2, 0) is 14.3 Å². The Kier molecular flexibility index (Phi) is 7.01. The Labute approximate surface area is 199 Å². The smallest absolute Gasteiger partial charge is 0.407 e. The molecule has 0 bridgehead atoms. The molecule has 0 aromatic heterocycles. The molecule has 178 valence electrons. The van der Waals surface area contributed by atoms with Crippen LogP contribution < -0.4 is 5.32 Å². The standard InChI is InChI=1S/C27H30N2O5/c1-17(2)15-24(25(30)29-13-11-18(12-14-29)26(31)32)28-27(33)34-16-23-21-9-5-3-7-19(21)20-8-4-6-10-22(20)23/h3-11,17,23-24H,12-16H2,1-2H3,(H,28,33)(H,31,32). The second kappa shape index (κ2) is 10.1. The van der Waals surface area contributed by atoms with Gasteiger partial charge in [0.15, 0.2) is 0 Å². The average molecular weight is 463 g/mol. The summed E-state index contributed by atoms with van der Waals surface area (Å²) in [6.07, 6.45) is 1.69. The molecule has 2 aromatic rings. The van der Waals surface area contributed by atoms with Crippen LogP contribution in [0.2, 0.25) is 0 Å². The van der Waals surface area contributed by atoms with E-state index in [2.05, 4.69) is 29.6 Å². The number of nitrogens with one attached hydrogen (secondary N) is 1. The highest BCUT2D eigenvalue weighted by Crippen LogP contribution is 2.44. The average Bonchev–Trinajstić information content (AvgIpc) is 3.15. The molecule has 0 saturated heterocycles. The fourth-order valence-corrected chi connectivity index (χ4v) is 4.76. The second-order valence-corrected chi connectivity index (χ2v) is 9.22. The molecule has 0 saturated carbocycles. The zero-order chi connectivity index (χ0) is 24.2. The van der Waals surface area contributed by atoms with Crippen molar-refractivity contribution in [1.82, 2.24) is 10.2 Å². The summed E-state index contributed by atoms with van der Waals surface area (Å²) in [5.74, 6) is -1.05. The summed E-state index contributed by atoms with van der Waals surface area (Å²) in [7, 11) is 0. The molecule has 1 unspecified atom stereocenters. The number of ether oxygens (including phenoxy) is 1. The van der Waals surface area contributed by atoms with Crippen molar-refractivity contribution in [2.45, 2.75) is 38.6 Å². The van der Waals surface area contributed by atoms with Crippen LogP contribution in [0.1, 0.15) is 43.7 Å². The third kappa shape index (κ3) is 4.98. The molecule has 0 radical (unpaired) electrons. The summed E-state index contributed by atoms with van der Waals surface area (Å²) in [5, 5.41) is 11.9. The zero-order valence-electron chi connectivity index (χ0n) is 19.5. The van der Waals surface area contributed by atoms with Gasteiger partial charge in [-0.25, -0.2) is 9.59 Å². The number of fused-ring (bicyclic) bond motifs is 3. The molecule has 0 spiro atoms. The molecule has 1 heterocycles. The lowest BCUT2D eigenvalue weighted by Gasteiger charge is -2.30. The van der Waals surface area contributed by atoms with Gasteiger partial charge in [-0.05, 0) is 41.0 Å². The Bertz CT molecular complexity index is 1080. The molecule has 2 N–H and O–H groups in total. The number of rotatable bonds is 7. The van der Waals surface area contributed by atoms with E-state index in [1.54, 1.807) is 11.0 Å². The van der Waals surface area contributed by atoms with Gasteiger partial charge in [0.2, 0.25) is 5.91 Å². The first-order valence-corrected chi connectivity index (χ1v) is 11.7. The summed E-state index contributed by atoms with van der Waals surface area (Å²) >= 11 is 0. The Morgan fingerprint density at radius 3 is 2.21 bits per heavy atom. The van der Waals surface area contributed by atoms with Crippen LogP contribution in [0.3, 0.4) is 0 Å². The first-order chi connectivity index (χ1) is 16.3. The molecule has 2 aromatic carbocycles. The van der Waals surface area contributed by atoms with Gasteiger partial charge in [-0.15, -0.1) is 0 Å². The van der Waals surface area contributed by atoms with Gasteiger partial charge in [0.05, 0.1) is 0 Å². The van der Waals surface area contributed by atoms with Gasteiger partial charge in [-0.3, -0.25) is 4.79 Å². The minimum atomic E-state index is -0.956. The zero-order valence-corrected chi connectivity index (χ0v) is 19.5. The highest BCUT2D eigenvalue weighted by Gasteiger charge is 2.31. The summed E-state index contributed by atoms with van der Waals surface area (Å²) in [4.78, 5) is 38.6. The van der Waals surface area contributed by atoms with Crippen LogP contribution in [-0.4, -0.2) is 53.7 Å². The van der Waals surface area contributed by atoms with Crippen LogP contribution >= 0.6 is 0 Å². The van der Waals surface area contributed by atoms with Crippen molar-refractivity contribution in [3.8, 4) is 11.1 Å². The highest BCUT2D eigenvalue weighted by atomic mass is 16.5. The summed E-state index contributed by atoms with van der Waals surface area (Å²) in [6.45, 7) is 4.69. The van der Waals surface area contributed by atoms with Gasteiger partial charge in [0.1, 0.15) is 12.6 Å². The molecule has 4 rings (SSSR count). The van der Waals surface area contributed by atoms with E-state index < -0.39 is 18.1 Å². The molecule has 34 heavy (non-hydrogen) atoms. The van der Waals surface area contributed by atoms with Gasteiger partial charge in [-0.1, -0.05) is 68.5 Å². The molecule has 7 nitrogen and oxygen atoms in total. The van der Waals surface area contributed by atoms with Gasteiger partial charge in [-0.2, -0.15) is 0 Å². The summed E-state index contributed by atoms with van der Waals surface area (Å²) in [6, 6.07) is 15.5. The second-order valence-electron chi connectivity index (χ2n) is 9.22. The lowest BCUT2D eigenvalue weighted by Crippen LogP contribution is -2.50. The molecule has 1 aliphatic carbocycles. The van der Waals surface area contributed by atoms with Crippen molar-refractivity contribution in [2.24, 2.45) is 5.92 Å². The van der Waals surface area contributed by atoms with E-state index in [4.69, 9.17) is 9.84 Å². The van der Waals surface area contributed by atoms with Crippen molar-refractivity contribution in [3.05, 3.63) is 71.3 Å². The number of carboxylic acids is 1. The Morgan fingerprint density at radius 1 is 1.06 bits per heavy atom.